The van der Waals surface area contributed by atoms with Gasteiger partial charge in [0.1, 0.15) is 5.82 Å². The number of aromatic nitrogens is 1. The highest BCUT2D eigenvalue weighted by Gasteiger charge is 2.30. The summed E-state index contributed by atoms with van der Waals surface area (Å²) in [6.07, 6.45) is 2.01. The zero-order chi connectivity index (χ0) is 11.7. The Bertz CT molecular complexity index is 427. The molecule has 6 heteroatoms. The second-order valence-corrected chi connectivity index (χ2v) is 5.28. The first-order valence-electron chi connectivity index (χ1n) is 4.84. The predicted molar refractivity (Wildman–Crippen MR) is 69.5 cm³/mol. The third kappa shape index (κ3) is 2.31. The molecule has 1 fully saturated rings. The van der Waals surface area contributed by atoms with Crippen LogP contribution in [-0.2, 0) is 4.79 Å². The van der Waals surface area contributed by atoms with Gasteiger partial charge in [0.2, 0.25) is 5.91 Å². The van der Waals surface area contributed by atoms with Crippen molar-refractivity contribution in [3.8, 4) is 0 Å². The van der Waals surface area contributed by atoms with Gasteiger partial charge in [-0.1, -0.05) is 11.6 Å². The standard InChI is InChI=1S/C10H10ClIN2O2/c11-7-2-9(13-3-8(7)12)14-4-6(5-15)1-10(14)16/h2-3,6,15H,1,4-5H2. The van der Waals surface area contributed by atoms with Crippen LogP contribution in [-0.4, -0.2) is 29.1 Å². The number of hydrogen-bond donors (Lipinski definition) is 1. The minimum atomic E-state index is -0.0103. The topological polar surface area (TPSA) is 53.4 Å². The van der Waals surface area contributed by atoms with Gasteiger partial charge in [-0.25, -0.2) is 4.98 Å². The molecule has 0 spiro atoms. The van der Waals surface area contributed by atoms with E-state index in [4.69, 9.17) is 16.7 Å². The molecule has 0 aromatic carbocycles. The lowest BCUT2D eigenvalue weighted by atomic mass is 10.1. The van der Waals surface area contributed by atoms with Gasteiger partial charge in [-0.2, -0.15) is 0 Å². The number of amides is 1. The number of aliphatic hydroxyl groups excluding tert-OH is 1. The van der Waals surface area contributed by atoms with Gasteiger partial charge in [0.15, 0.2) is 0 Å². The van der Waals surface area contributed by atoms with Gasteiger partial charge in [-0.15, -0.1) is 0 Å². The zero-order valence-corrected chi connectivity index (χ0v) is 11.3. The Morgan fingerprint density at radius 1 is 1.69 bits per heavy atom. The first-order chi connectivity index (χ1) is 7.61. The van der Waals surface area contributed by atoms with Crippen LogP contribution in [0, 0.1) is 9.49 Å². The maximum absolute atomic E-state index is 11.7. The van der Waals surface area contributed by atoms with Crippen LogP contribution in [0.4, 0.5) is 5.82 Å². The summed E-state index contributed by atoms with van der Waals surface area (Å²) in [5, 5.41) is 9.61. The number of carbonyl (C=O) groups is 1. The minimum absolute atomic E-state index is 0.00681. The number of halogens is 2. The molecule has 0 radical (unpaired) electrons. The molecule has 2 rings (SSSR count). The van der Waals surface area contributed by atoms with Crippen LogP contribution in [0.15, 0.2) is 12.3 Å². The summed E-state index contributed by atoms with van der Waals surface area (Å²) in [4.78, 5) is 17.4. The molecule has 1 amide bonds. The molecule has 0 bridgehead atoms. The fraction of sp³-hybridized carbons (Fsp3) is 0.400. The summed E-state index contributed by atoms with van der Waals surface area (Å²) < 4.78 is 0.855. The van der Waals surface area contributed by atoms with E-state index >= 15 is 0 Å². The smallest absolute Gasteiger partial charge is 0.228 e. The van der Waals surface area contributed by atoms with Crippen molar-refractivity contribution in [3.05, 3.63) is 20.9 Å². The number of rotatable bonds is 2. The third-order valence-electron chi connectivity index (χ3n) is 2.53. The SMILES string of the molecule is O=C1CC(CO)CN1c1cc(Cl)c(I)cn1. The van der Waals surface area contributed by atoms with Gasteiger partial charge < -0.3 is 5.11 Å². The molecule has 1 aromatic heterocycles. The highest BCUT2D eigenvalue weighted by atomic mass is 127. The summed E-state index contributed by atoms with van der Waals surface area (Å²) in [6, 6.07) is 1.68. The lowest BCUT2D eigenvalue weighted by Crippen LogP contribution is -2.25. The average molecular weight is 353 g/mol. The first kappa shape index (κ1) is 12.1. The summed E-state index contributed by atoms with van der Waals surface area (Å²) in [6.45, 7) is 0.541. The largest absolute Gasteiger partial charge is 0.396 e. The van der Waals surface area contributed by atoms with Crippen molar-refractivity contribution in [2.75, 3.05) is 18.1 Å². The van der Waals surface area contributed by atoms with Gasteiger partial charge in [-0.3, -0.25) is 9.69 Å². The zero-order valence-electron chi connectivity index (χ0n) is 8.36. The van der Waals surface area contributed by atoms with E-state index in [0.29, 0.717) is 23.8 Å². The normalized spacial score (nSPS) is 20.6. The molecular weight excluding hydrogens is 342 g/mol. The minimum Gasteiger partial charge on any atom is -0.396 e. The molecule has 0 saturated carbocycles. The monoisotopic (exact) mass is 352 g/mol. The van der Waals surface area contributed by atoms with Crippen LogP contribution in [0.5, 0.6) is 0 Å². The van der Waals surface area contributed by atoms with Crippen molar-refractivity contribution in [2.24, 2.45) is 5.92 Å². The fourth-order valence-electron chi connectivity index (χ4n) is 1.68. The van der Waals surface area contributed by atoms with Gasteiger partial charge in [0.25, 0.3) is 0 Å². The Morgan fingerprint density at radius 2 is 2.44 bits per heavy atom. The third-order valence-corrected chi connectivity index (χ3v) is 4.03. The van der Waals surface area contributed by atoms with E-state index in [9.17, 15) is 4.79 Å². The van der Waals surface area contributed by atoms with Gasteiger partial charge >= 0.3 is 0 Å². The molecule has 1 saturated heterocycles. The number of anilines is 1. The first-order valence-corrected chi connectivity index (χ1v) is 6.29. The Labute approximate surface area is 112 Å². The molecule has 0 aliphatic carbocycles. The van der Waals surface area contributed by atoms with Crippen molar-refractivity contribution in [1.29, 1.82) is 0 Å². The highest BCUT2D eigenvalue weighted by Crippen LogP contribution is 2.27. The van der Waals surface area contributed by atoms with E-state index < -0.39 is 0 Å². The van der Waals surface area contributed by atoms with E-state index in [2.05, 4.69) is 27.6 Å². The Morgan fingerprint density at radius 3 is 3.00 bits per heavy atom. The second kappa shape index (κ2) is 4.85. The molecule has 86 valence electrons. The van der Waals surface area contributed by atoms with Crippen molar-refractivity contribution in [2.45, 2.75) is 6.42 Å². The summed E-state index contributed by atoms with van der Waals surface area (Å²) in [5.74, 6) is 0.558. The lowest BCUT2D eigenvalue weighted by Gasteiger charge is -2.15. The van der Waals surface area contributed by atoms with Crippen LogP contribution < -0.4 is 4.90 Å². The molecular formula is C10H10ClIN2O2. The van der Waals surface area contributed by atoms with Crippen LogP contribution in [0.2, 0.25) is 5.02 Å². The van der Waals surface area contributed by atoms with Crippen molar-refractivity contribution in [1.82, 2.24) is 4.98 Å². The number of aliphatic hydroxyl groups is 1. The molecule has 2 heterocycles. The quantitative estimate of drug-likeness (QED) is 0.824. The number of nitrogens with zero attached hydrogens (tertiary/aromatic N) is 2. The average Bonchev–Trinajstić information content (AvgIpc) is 2.64. The van der Waals surface area contributed by atoms with E-state index in [-0.39, 0.29) is 18.4 Å². The summed E-state index contributed by atoms with van der Waals surface area (Å²) >= 11 is 8.06. The summed E-state index contributed by atoms with van der Waals surface area (Å²) in [7, 11) is 0. The molecule has 1 unspecified atom stereocenters. The maximum atomic E-state index is 11.7. The number of pyridine rings is 1. The van der Waals surface area contributed by atoms with Gasteiger partial charge in [-0.05, 0) is 22.6 Å². The van der Waals surface area contributed by atoms with Crippen molar-refractivity contribution in [3.63, 3.8) is 0 Å². The Balaban J connectivity index is 2.24. The van der Waals surface area contributed by atoms with E-state index in [1.54, 1.807) is 17.2 Å². The van der Waals surface area contributed by atoms with Gasteiger partial charge in [0.05, 0.1) is 8.59 Å². The molecule has 1 aromatic rings. The molecule has 1 aliphatic heterocycles. The molecule has 1 aliphatic rings. The Hall–Kier alpha value is -0.400. The maximum Gasteiger partial charge on any atom is 0.228 e. The fourth-order valence-corrected chi connectivity index (χ4v) is 2.12. The predicted octanol–water partition coefficient (Wildman–Crippen LogP) is 1.68. The summed E-state index contributed by atoms with van der Waals surface area (Å²) in [5.41, 5.74) is 0. The van der Waals surface area contributed by atoms with E-state index in [0.717, 1.165) is 3.57 Å². The van der Waals surface area contributed by atoms with Crippen LogP contribution in [0.25, 0.3) is 0 Å². The molecule has 16 heavy (non-hydrogen) atoms. The van der Waals surface area contributed by atoms with Crippen LogP contribution >= 0.6 is 34.2 Å². The van der Waals surface area contributed by atoms with Crippen LogP contribution in [0.1, 0.15) is 6.42 Å². The van der Waals surface area contributed by atoms with Gasteiger partial charge in [0, 0.05) is 37.8 Å². The van der Waals surface area contributed by atoms with Crippen molar-refractivity contribution >= 4 is 45.9 Å². The highest BCUT2D eigenvalue weighted by molar-refractivity contribution is 14.1. The van der Waals surface area contributed by atoms with Crippen LogP contribution in [0.3, 0.4) is 0 Å². The second-order valence-electron chi connectivity index (χ2n) is 3.71. The van der Waals surface area contributed by atoms with E-state index in [1.165, 1.54) is 0 Å². The molecule has 4 nitrogen and oxygen atoms in total. The van der Waals surface area contributed by atoms with E-state index in [1.807, 2.05) is 0 Å². The number of hydrogen-bond acceptors (Lipinski definition) is 3. The lowest BCUT2D eigenvalue weighted by molar-refractivity contribution is -0.117. The molecule has 1 N–H and O–H groups in total. The Kier molecular flexibility index (Phi) is 3.66. The molecule has 1 atom stereocenters. The number of carbonyl (C=O) groups excluding carboxylic acids is 1. The van der Waals surface area contributed by atoms with Crippen molar-refractivity contribution < 1.29 is 9.90 Å².